The minimum Gasteiger partial charge on any atom is -0.419 e. The zero-order chi connectivity index (χ0) is 16.4. The minimum atomic E-state index is -3.75. The predicted octanol–water partition coefficient (Wildman–Crippen LogP) is 3.52. The molecule has 118 valence electrons. The Morgan fingerprint density at radius 2 is 1.78 bits per heavy atom. The molecule has 0 aliphatic heterocycles. The van der Waals surface area contributed by atoms with Gasteiger partial charge in [0.1, 0.15) is 0 Å². The van der Waals surface area contributed by atoms with Gasteiger partial charge >= 0.3 is 0 Å². The van der Waals surface area contributed by atoms with Crippen LogP contribution in [0.1, 0.15) is 5.56 Å². The van der Waals surface area contributed by atoms with Gasteiger partial charge in [0.2, 0.25) is 26.6 Å². The van der Waals surface area contributed by atoms with Gasteiger partial charge in [0, 0.05) is 12.6 Å². The van der Waals surface area contributed by atoms with Crippen molar-refractivity contribution in [1.29, 1.82) is 0 Å². The smallest absolute Gasteiger partial charge is 0.233 e. The highest BCUT2D eigenvalue weighted by atomic mass is 32.2. The normalized spacial score (nSPS) is 11.4. The van der Waals surface area contributed by atoms with Gasteiger partial charge in [-0.15, -0.1) is 0 Å². The molecule has 0 saturated carbocycles. The van der Waals surface area contributed by atoms with E-state index in [0.29, 0.717) is 0 Å². The van der Waals surface area contributed by atoms with Gasteiger partial charge in [-0.2, -0.15) is 4.98 Å². The molecule has 0 spiro atoms. The van der Waals surface area contributed by atoms with Gasteiger partial charge in [0.25, 0.3) is 0 Å². The summed E-state index contributed by atoms with van der Waals surface area (Å²) in [4.78, 5) is 4.40. The van der Waals surface area contributed by atoms with E-state index in [9.17, 15) is 8.42 Å². The lowest BCUT2D eigenvalue weighted by Gasteiger charge is -2.02. The molecule has 23 heavy (non-hydrogen) atoms. The molecule has 2 aromatic carbocycles. The Morgan fingerprint density at radius 1 is 1.04 bits per heavy atom. The fourth-order valence-electron chi connectivity index (χ4n) is 2.26. The number of nitrogens with zero attached hydrogens (tertiary/aromatic N) is 1. The van der Waals surface area contributed by atoms with Crippen LogP contribution in [-0.4, -0.2) is 20.4 Å². The van der Waals surface area contributed by atoms with E-state index >= 15 is 0 Å². The van der Waals surface area contributed by atoms with E-state index in [1.807, 2.05) is 31.2 Å². The highest BCUT2D eigenvalue weighted by molar-refractivity contribution is 7.91. The first-order chi connectivity index (χ1) is 11.0. The van der Waals surface area contributed by atoms with Crippen LogP contribution < -0.4 is 5.32 Å². The van der Waals surface area contributed by atoms with Gasteiger partial charge in [-0.1, -0.05) is 35.9 Å². The topological polar surface area (TPSA) is 72.2 Å². The van der Waals surface area contributed by atoms with Crippen LogP contribution in [0.25, 0.3) is 11.5 Å². The Labute approximate surface area is 134 Å². The van der Waals surface area contributed by atoms with Gasteiger partial charge < -0.3 is 9.73 Å². The van der Waals surface area contributed by atoms with Crippen molar-refractivity contribution >= 4 is 15.7 Å². The summed E-state index contributed by atoms with van der Waals surface area (Å²) in [6.07, 6.45) is 0. The molecule has 3 rings (SSSR count). The number of aromatic nitrogens is 1. The maximum Gasteiger partial charge on any atom is 0.233 e. The quantitative estimate of drug-likeness (QED) is 0.793. The molecule has 0 unspecified atom stereocenters. The summed E-state index contributed by atoms with van der Waals surface area (Å²) in [7, 11) is -2.14. The average molecular weight is 328 g/mol. The Balaban J connectivity index is 2.14. The van der Waals surface area contributed by atoms with Crippen LogP contribution in [0.2, 0.25) is 0 Å². The van der Waals surface area contributed by atoms with Gasteiger partial charge in [0.15, 0.2) is 0 Å². The van der Waals surface area contributed by atoms with Crippen LogP contribution in [0.15, 0.2) is 68.9 Å². The van der Waals surface area contributed by atoms with E-state index in [2.05, 4.69) is 10.3 Å². The molecule has 5 nitrogen and oxygen atoms in total. The number of benzene rings is 2. The molecule has 3 aromatic rings. The standard InChI is InChI=1S/C17H16N2O3S/c1-12-7-6-8-13(11-12)15-19-17(16(18-2)22-15)23(20,21)14-9-4-3-5-10-14/h3-11,18H,1-2H3. The summed E-state index contributed by atoms with van der Waals surface area (Å²) < 4.78 is 31.1. The Hall–Kier alpha value is -2.60. The number of anilines is 1. The molecule has 0 aliphatic carbocycles. The van der Waals surface area contributed by atoms with Crippen molar-refractivity contribution in [2.75, 3.05) is 12.4 Å². The molecule has 1 N–H and O–H groups in total. The first kappa shape index (κ1) is 15.3. The van der Waals surface area contributed by atoms with E-state index in [4.69, 9.17) is 4.42 Å². The van der Waals surface area contributed by atoms with E-state index in [1.165, 1.54) is 12.1 Å². The van der Waals surface area contributed by atoms with Crippen LogP contribution in [0.3, 0.4) is 0 Å². The van der Waals surface area contributed by atoms with Crippen molar-refractivity contribution < 1.29 is 12.8 Å². The third-order valence-electron chi connectivity index (χ3n) is 3.40. The lowest BCUT2D eigenvalue weighted by molar-refractivity contribution is 0.580. The number of nitrogens with one attached hydrogen (secondary N) is 1. The molecule has 0 bridgehead atoms. The third kappa shape index (κ3) is 2.85. The first-order valence-corrected chi connectivity index (χ1v) is 8.56. The van der Waals surface area contributed by atoms with Crippen LogP contribution in [0, 0.1) is 6.92 Å². The largest absolute Gasteiger partial charge is 0.419 e. The predicted molar refractivity (Wildman–Crippen MR) is 88.1 cm³/mol. The van der Waals surface area contributed by atoms with Crippen molar-refractivity contribution in [3.05, 3.63) is 60.2 Å². The highest BCUT2D eigenvalue weighted by Crippen LogP contribution is 2.32. The van der Waals surface area contributed by atoms with Crippen LogP contribution >= 0.6 is 0 Å². The fraction of sp³-hybridized carbons (Fsp3) is 0.118. The zero-order valence-electron chi connectivity index (χ0n) is 12.8. The molecule has 0 amide bonds. The fourth-order valence-corrected chi connectivity index (χ4v) is 3.59. The number of hydrogen-bond acceptors (Lipinski definition) is 5. The van der Waals surface area contributed by atoms with Crippen molar-refractivity contribution in [3.8, 4) is 11.5 Å². The van der Waals surface area contributed by atoms with Crippen molar-refractivity contribution in [2.45, 2.75) is 16.8 Å². The molecule has 0 aliphatic rings. The second-order valence-corrected chi connectivity index (χ2v) is 6.95. The lowest BCUT2D eigenvalue weighted by atomic mass is 10.1. The lowest BCUT2D eigenvalue weighted by Crippen LogP contribution is -2.05. The maximum atomic E-state index is 12.8. The van der Waals surface area contributed by atoms with Gasteiger partial charge in [-0.25, -0.2) is 8.42 Å². The van der Waals surface area contributed by atoms with Crippen molar-refractivity contribution in [1.82, 2.24) is 4.98 Å². The summed E-state index contributed by atoms with van der Waals surface area (Å²) in [5.41, 5.74) is 1.77. The second kappa shape index (κ2) is 5.89. The van der Waals surface area contributed by atoms with E-state index in [0.717, 1.165) is 11.1 Å². The second-order valence-electron chi connectivity index (χ2n) is 5.09. The van der Waals surface area contributed by atoms with Crippen LogP contribution in [0.4, 0.5) is 5.88 Å². The molecule has 0 fully saturated rings. The van der Waals surface area contributed by atoms with Gasteiger partial charge in [-0.3, -0.25) is 0 Å². The Morgan fingerprint density at radius 3 is 2.43 bits per heavy atom. The summed E-state index contributed by atoms with van der Waals surface area (Å²) >= 11 is 0. The summed E-state index contributed by atoms with van der Waals surface area (Å²) in [5, 5.41) is 2.66. The van der Waals surface area contributed by atoms with Crippen molar-refractivity contribution in [3.63, 3.8) is 0 Å². The average Bonchev–Trinajstić information content (AvgIpc) is 3.01. The summed E-state index contributed by atoms with van der Waals surface area (Å²) in [6.45, 7) is 1.95. The highest BCUT2D eigenvalue weighted by Gasteiger charge is 2.27. The number of aryl methyl sites for hydroxylation is 1. The summed E-state index contributed by atoms with van der Waals surface area (Å²) in [6, 6.07) is 15.7. The SMILES string of the molecule is CNc1oc(-c2cccc(C)c2)nc1S(=O)(=O)c1ccccc1. The maximum absolute atomic E-state index is 12.8. The molecule has 1 heterocycles. The Kier molecular flexibility index (Phi) is 3.92. The van der Waals surface area contributed by atoms with Gasteiger partial charge in [-0.05, 0) is 31.2 Å². The van der Waals surface area contributed by atoms with E-state index in [-0.39, 0.29) is 21.7 Å². The Bertz CT molecular complexity index is 931. The first-order valence-electron chi connectivity index (χ1n) is 7.08. The number of sulfone groups is 1. The van der Waals surface area contributed by atoms with E-state index in [1.54, 1.807) is 25.2 Å². The number of hydrogen-bond donors (Lipinski definition) is 1. The molecular weight excluding hydrogens is 312 g/mol. The molecule has 0 atom stereocenters. The number of rotatable bonds is 4. The van der Waals surface area contributed by atoms with Crippen LogP contribution in [0.5, 0.6) is 0 Å². The van der Waals surface area contributed by atoms with Gasteiger partial charge in [0.05, 0.1) is 4.90 Å². The molecule has 1 aromatic heterocycles. The van der Waals surface area contributed by atoms with Crippen molar-refractivity contribution in [2.24, 2.45) is 0 Å². The third-order valence-corrected chi connectivity index (χ3v) is 5.07. The molecule has 6 heteroatoms. The summed E-state index contributed by atoms with van der Waals surface area (Å²) in [5.74, 6) is 0.401. The molecule has 0 radical (unpaired) electrons. The zero-order valence-corrected chi connectivity index (χ0v) is 13.6. The molecule has 0 saturated heterocycles. The monoisotopic (exact) mass is 328 g/mol. The van der Waals surface area contributed by atoms with Crippen LogP contribution in [-0.2, 0) is 9.84 Å². The minimum absolute atomic E-state index is 0.109. The number of oxazole rings is 1. The van der Waals surface area contributed by atoms with E-state index < -0.39 is 9.84 Å². The molecular formula is C17H16N2O3S.